The third-order valence-corrected chi connectivity index (χ3v) is 4.37. The van der Waals surface area contributed by atoms with Gasteiger partial charge in [0.25, 0.3) is 0 Å². The van der Waals surface area contributed by atoms with Crippen molar-refractivity contribution in [3.8, 4) is 22.7 Å². The highest BCUT2D eigenvalue weighted by atomic mass is 16.5. The quantitative estimate of drug-likeness (QED) is 0.784. The Bertz CT molecular complexity index is 839. The lowest BCUT2D eigenvalue weighted by Gasteiger charge is -2.29. The second-order valence-electron chi connectivity index (χ2n) is 5.96. The summed E-state index contributed by atoms with van der Waals surface area (Å²) in [7, 11) is 1.85. The Morgan fingerprint density at radius 1 is 0.960 bits per heavy atom. The number of ether oxygens (including phenoxy) is 1. The third kappa shape index (κ3) is 3.23. The average molecular weight is 335 g/mol. The summed E-state index contributed by atoms with van der Waals surface area (Å²) in [6.07, 6.45) is 0. The van der Waals surface area contributed by atoms with E-state index in [9.17, 15) is 0 Å². The highest BCUT2D eigenvalue weighted by molar-refractivity contribution is 5.74. The van der Waals surface area contributed by atoms with Crippen molar-refractivity contribution in [2.45, 2.75) is 0 Å². The van der Waals surface area contributed by atoms with Crippen LogP contribution >= 0.6 is 0 Å². The van der Waals surface area contributed by atoms with Crippen LogP contribution in [0.2, 0.25) is 0 Å². The first-order chi connectivity index (χ1) is 12.3. The highest BCUT2D eigenvalue weighted by Gasteiger charge is 2.17. The van der Waals surface area contributed by atoms with E-state index in [-0.39, 0.29) is 0 Å². The SMILES string of the molecule is CNc1oc(-c2cccc(N3CCOCC3)c2)nc1-c1ccccc1. The Hall–Kier alpha value is -2.79. The van der Waals surface area contributed by atoms with Crippen molar-refractivity contribution < 1.29 is 9.15 Å². The van der Waals surface area contributed by atoms with Gasteiger partial charge in [-0.1, -0.05) is 36.4 Å². The van der Waals surface area contributed by atoms with E-state index < -0.39 is 0 Å². The van der Waals surface area contributed by atoms with Gasteiger partial charge in [-0.3, -0.25) is 0 Å². The number of nitrogens with one attached hydrogen (secondary N) is 1. The van der Waals surface area contributed by atoms with E-state index in [1.165, 1.54) is 5.69 Å². The summed E-state index contributed by atoms with van der Waals surface area (Å²) >= 11 is 0. The molecule has 2 aromatic carbocycles. The van der Waals surface area contributed by atoms with Crippen LogP contribution in [0, 0.1) is 0 Å². The number of anilines is 2. The normalized spacial score (nSPS) is 14.5. The Kier molecular flexibility index (Phi) is 4.39. The zero-order chi connectivity index (χ0) is 17.1. The van der Waals surface area contributed by atoms with Gasteiger partial charge in [0.15, 0.2) is 0 Å². The molecule has 0 amide bonds. The van der Waals surface area contributed by atoms with Gasteiger partial charge in [-0.15, -0.1) is 0 Å². The predicted molar refractivity (Wildman–Crippen MR) is 100.0 cm³/mol. The molecule has 1 aliphatic heterocycles. The van der Waals surface area contributed by atoms with Crippen LogP contribution in [0.4, 0.5) is 11.6 Å². The van der Waals surface area contributed by atoms with Crippen molar-refractivity contribution in [3.05, 3.63) is 54.6 Å². The molecule has 2 heterocycles. The highest BCUT2D eigenvalue weighted by Crippen LogP contribution is 2.33. The molecule has 0 aliphatic carbocycles. The predicted octanol–water partition coefficient (Wildman–Crippen LogP) is 3.89. The largest absolute Gasteiger partial charge is 0.420 e. The van der Waals surface area contributed by atoms with Crippen molar-refractivity contribution >= 4 is 11.6 Å². The first kappa shape index (κ1) is 15.7. The molecular formula is C20H21N3O2. The topological polar surface area (TPSA) is 50.5 Å². The molecule has 25 heavy (non-hydrogen) atoms. The Morgan fingerprint density at radius 3 is 2.48 bits per heavy atom. The Labute approximate surface area is 147 Å². The molecular weight excluding hydrogens is 314 g/mol. The summed E-state index contributed by atoms with van der Waals surface area (Å²) in [5.74, 6) is 1.30. The molecule has 0 unspecified atom stereocenters. The molecule has 4 rings (SSSR count). The van der Waals surface area contributed by atoms with E-state index in [1.807, 2.05) is 49.5 Å². The molecule has 128 valence electrons. The van der Waals surface area contributed by atoms with Crippen LogP contribution in [0.1, 0.15) is 0 Å². The maximum absolute atomic E-state index is 5.98. The van der Waals surface area contributed by atoms with Crippen LogP contribution in [0.25, 0.3) is 22.7 Å². The van der Waals surface area contributed by atoms with Crippen LogP contribution in [-0.2, 0) is 4.74 Å². The first-order valence-electron chi connectivity index (χ1n) is 8.52. The summed E-state index contributed by atoms with van der Waals surface area (Å²) in [6, 6.07) is 18.4. The number of rotatable bonds is 4. The first-order valence-corrected chi connectivity index (χ1v) is 8.52. The fraction of sp³-hybridized carbons (Fsp3) is 0.250. The molecule has 3 aromatic rings. The second kappa shape index (κ2) is 6.99. The van der Waals surface area contributed by atoms with Crippen LogP contribution in [-0.4, -0.2) is 38.3 Å². The van der Waals surface area contributed by atoms with Gasteiger partial charge in [-0.05, 0) is 18.2 Å². The van der Waals surface area contributed by atoms with Crippen LogP contribution in [0.3, 0.4) is 0 Å². The molecule has 0 bridgehead atoms. The Balaban J connectivity index is 1.69. The summed E-state index contributed by atoms with van der Waals surface area (Å²) in [5.41, 5.74) is 4.01. The molecule has 0 spiro atoms. The van der Waals surface area contributed by atoms with Crippen LogP contribution in [0.15, 0.2) is 59.0 Å². The number of aromatic nitrogens is 1. The van der Waals surface area contributed by atoms with Crippen LogP contribution < -0.4 is 10.2 Å². The smallest absolute Gasteiger partial charge is 0.229 e. The van der Waals surface area contributed by atoms with E-state index in [4.69, 9.17) is 14.1 Å². The lowest BCUT2D eigenvalue weighted by Crippen LogP contribution is -2.36. The Morgan fingerprint density at radius 2 is 1.72 bits per heavy atom. The zero-order valence-electron chi connectivity index (χ0n) is 14.2. The fourth-order valence-electron chi connectivity index (χ4n) is 3.06. The van der Waals surface area contributed by atoms with E-state index in [0.29, 0.717) is 11.8 Å². The van der Waals surface area contributed by atoms with Crippen molar-refractivity contribution in [3.63, 3.8) is 0 Å². The summed E-state index contributed by atoms with van der Waals surface area (Å²) < 4.78 is 11.4. The molecule has 5 heteroatoms. The molecule has 0 radical (unpaired) electrons. The molecule has 1 N–H and O–H groups in total. The number of oxazole rings is 1. The van der Waals surface area contributed by atoms with E-state index in [0.717, 1.165) is 43.1 Å². The van der Waals surface area contributed by atoms with Crippen molar-refractivity contribution in [1.82, 2.24) is 4.98 Å². The van der Waals surface area contributed by atoms with Gasteiger partial charge >= 0.3 is 0 Å². The van der Waals surface area contributed by atoms with E-state index >= 15 is 0 Å². The molecule has 0 atom stereocenters. The average Bonchev–Trinajstić information content (AvgIpc) is 3.14. The minimum Gasteiger partial charge on any atom is -0.420 e. The summed E-state index contributed by atoms with van der Waals surface area (Å²) in [6.45, 7) is 3.36. The number of nitrogens with zero attached hydrogens (tertiary/aromatic N) is 2. The van der Waals surface area contributed by atoms with Gasteiger partial charge in [0.1, 0.15) is 5.69 Å². The molecule has 1 aromatic heterocycles. The zero-order valence-corrected chi connectivity index (χ0v) is 14.2. The van der Waals surface area contributed by atoms with E-state index in [1.54, 1.807) is 0 Å². The van der Waals surface area contributed by atoms with Gasteiger partial charge in [0.05, 0.1) is 13.2 Å². The lowest BCUT2D eigenvalue weighted by molar-refractivity contribution is 0.122. The third-order valence-electron chi connectivity index (χ3n) is 4.37. The number of hydrogen-bond acceptors (Lipinski definition) is 5. The van der Waals surface area contributed by atoms with Gasteiger partial charge in [-0.2, -0.15) is 0 Å². The van der Waals surface area contributed by atoms with Gasteiger partial charge < -0.3 is 19.4 Å². The molecule has 1 saturated heterocycles. The van der Waals surface area contributed by atoms with Crippen molar-refractivity contribution in [2.75, 3.05) is 43.6 Å². The van der Waals surface area contributed by atoms with Crippen molar-refractivity contribution in [1.29, 1.82) is 0 Å². The molecule has 1 fully saturated rings. The van der Waals surface area contributed by atoms with Gasteiger partial charge in [0.2, 0.25) is 11.8 Å². The summed E-state index contributed by atoms with van der Waals surface area (Å²) in [4.78, 5) is 7.06. The molecule has 5 nitrogen and oxygen atoms in total. The number of hydrogen-bond donors (Lipinski definition) is 1. The van der Waals surface area contributed by atoms with Crippen molar-refractivity contribution in [2.24, 2.45) is 0 Å². The monoisotopic (exact) mass is 335 g/mol. The lowest BCUT2D eigenvalue weighted by atomic mass is 10.1. The van der Waals surface area contributed by atoms with Gasteiger partial charge in [0, 0.05) is 37.0 Å². The minimum absolute atomic E-state index is 0.623. The standard InChI is InChI=1S/C20H21N3O2/c1-21-20-18(15-6-3-2-4-7-15)22-19(25-20)16-8-5-9-17(14-16)23-10-12-24-13-11-23/h2-9,14,21H,10-13H2,1H3. The maximum Gasteiger partial charge on any atom is 0.229 e. The molecule has 0 saturated carbocycles. The maximum atomic E-state index is 5.98. The fourth-order valence-corrected chi connectivity index (χ4v) is 3.06. The number of benzene rings is 2. The van der Waals surface area contributed by atoms with Gasteiger partial charge in [-0.25, -0.2) is 4.98 Å². The molecule has 1 aliphatic rings. The van der Waals surface area contributed by atoms with E-state index in [2.05, 4.69) is 22.3 Å². The summed E-state index contributed by atoms with van der Waals surface area (Å²) in [5, 5.41) is 3.11. The number of morpholine rings is 1. The second-order valence-corrected chi connectivity index (χ2v) is 5.96. The minimum atomic E-state index is 0.623. The van der Waals surface area contributed by atoms with Crippen LogP contribution in [0.5, 0.6) is 0 Å².